The Bertz CT molecular complexity index is 1220. The molecule has 0 unspecified atom stereocenters. The lowest BCUT2D eigenvalue weighted by atomic mass is 9.96. The third kappa shape index (κ3) is 3.68. The molecular formula is C19H10ClF4N5. The van der Waals surface area contributed by atoms with Gasteiger partial charge >= 0.3 is 5.92 Å². The van der Waals surface area contributed by atoms with Crippen molar-refractivity contribution >= 4 is 34.3 Å². The van der Waals surface area contributed by atoms with Crippen LogP contribution in [0.4, 0.5) is 17.6 Å². The minimum atomic E-state index is -3.75. The lowest BCUT2D eigenvalue weighted by molar-refractivity contribution is 0.0599. The van der Waals surface area contributed by atoms with Crippen LogP contribution in [-0.4, -0.2) is 25.2 Å². The highest BCUT2D eigenvalue weighted by atomic mass is 35.5. The van der Waals surface area contributed by atoms with Gasteiger partial charge < -0.3 is 0 Å². The van der Waals surface area contributed by atoms with E-state index in [0.29, 0.717) is 16.5 Å². The number of alkyl halides is 2. The normalized spacial score (nSPS) is 12.5. The van der Waals surface area contributed by atoms with Gasteiger partial charge in [0.2, 0.25) is 0 Å². The zero-order chi connectivity index (χ0) is 20.6. The first kappa shape index (κ1) is 19.0. The summed E-state index contributed by atoms with van der Waals surface area (Å²) in [6.45, 7) is 0. The average Bonchev–Trinajstić information content (AvgIpc) is 3.19. The molecule has 4 aromatic rings. The van der Waals surface area contributed by atoms with Crippen molar-refractivity contribution in [2.24, 2.45) is 0 Å². The SMILES string of the molecule is Fc1ccc(C(=Cn2cnnn2)C(F)(F)c2ccc3cc(Cl)ccc3n2)c(F)c1. The molecule has 0 bridgehead atoms. The van der Waals surface area contributed by atoms with Crippen LogP contribution in [0.3, 0.4) is 0 Å². The number of aromatic nitrogens is 5. The first-order valence-corrected chi connectivity index (χ1v) is 8.57. The van der Waals surface area contributed by atoms with E-state index in [9.17, 15) is 8.78 Å². The monoisotopic (exact) mass is 419 g/mol. The molecule has 0 atom stereocenters. The van der Waals surface area contributed by atoms with E-state index in [1.165, 1.54) is 18.2 Å². The molecule has 0 aliphatic rings. The number of fused-ring (bicyclic) bond motifs is 1. The molecule has 0 fully saturated rings. The zero-order valence-corrected chi connectivity index (χ0v) is 15.2. The molecule has 0 amide bonds. The summed E-state index contributed by atoms with van der Waals surface area (Å²) in [6, 6.07) is 9.50. The number of tetrazole rings is 1. The molecule has 10 heteroatoms. The van der Waals surface area contributed by atoms with Crippen LogP contribution < -0.4 is 0 Å². The Morgan fingerprint density at radius 2 is 1.86 bits per heavy atom. The summed E-state index contributed by atoms with van der Waals surface area (Å²) in [5.41, 5.74) is -1.64. The highest BCUT2D eigenvalue weighted by Gasteiger charge is 2.40. The van der Waals surface area contributed by atoms with Crippen LogP contribution >= 0.6 is 11.6 Å². The summed E-state index contributed by atoms with van der Waals surface area (Å²) in [7, 11) is 0. The minimum Gasteiger partial charge on any atom is -0.246 e. The second-order valence-electron chi connectivity index (χ2n) is 6.06. The number of rotatable bonds is 4. The van der Waals surface area contributed by atoms with Gasteiger partial charge in [0.15, 0.2) is 0 Å². The predicted molar refractivity (Wildman–Crippen MR) is 99.0 cm³/mol. The Morgan fingerprint density at radius 3 is 2.59 bits per heavy atom. The van der Waals surface area contributed by atoms with Gasteiger partial charge in [-0.3, -0.25) is 0 Å². The molecule has 4 rings (SSSR count). The highest BCUT2D eigenvalue weighted by Crippen LogP contribution is 2.42. The van der Waals surface area contributed by atoms with Gasteiger partial charge in [0.05, 0.1) is 11.1 Å². The van der Waals surface area contributed by atoms with Crippen LogP contribution in [0, 0.1) is 11.6 Å². The van der Waals surface area contributed by atoms with Crippen LogP contribution in [-0.2, 0) is 5.92 Å². The van der Waals surface area contributed by atoms with E-state index in [0.717, 1.165) is 35.4 Å². The van der Waals surface area contributed by atoms with E-state index in [1.54, 1.807) is 6.07 Å². The van der Waals surface area contributed by atoms with E-state index in [4.69, 9.17) is 11.6 Å². The van der Waals surface area contributed by atoms with Crippen LogP contribution in [0.25, 0.3) is 22.7 Å². The van der Waals surface area contributed by atoms with Gasteiger partial charge in [0, 0.05) is 28.2 Å². The summed E-state index contributed by atoms with van der Waals surface area (Å²) in [5, 5.41) is 11.3. The van der Waals surface area contributed by atoms with Gasteiger partial charge in [-0.05, 0) is 46.8 Å². The van der Waals surface area contributed by atoms with Crippen molar-refractivity contribution in [3.63, 3.8) is 0 Å². The average molecular weight is 420 g/mol. The molecule has 0 spiro atoms. The largest absolute Gasteiger partial charge is 0.317 e. The summed E-state index contributed by atoms with van der Waals surface area (Å²) in [4.78, 5) is 4.00. The summed E-state index contributed by atoms with van der Waals surface area (Å²) < 4.78 is 59.5. The fourth-order valence-corrected chi connectivity index (χ4v) is 2.98. The third-order valence-corrected chi connectivity index (χ3v) is 4.39. The number of benzene rings is 2. The van der Waals surface area contributed by atoms with Crippen LogP contribution in [0.15, 0.2) is 54.9 Å². The van der Waals surface area contributed by atoms with E-state index < -0.39 is 34.4 Å². The van der Waals surface area contributed by atoms with E-state index in [2.05, 4.69) is 20.5 Å². The Kier molecular flexibility index (Phi) is 4.75. The number of halogens is 5. The molecular weight excluding hydrogens is 410 g/mol. The molecule has 5 nitrogen and oxygen atoms in total. The second-order valence-corrected chi connectivity index (χ2v) is 6.50. The fraction of sp³-hybridized carbons (Fsp3) is 0.0526. The van der Waals surface area contributed by atoms with Gasteiger partial charge in [-0.2, -0.15) is 8.78 Å². The first-order valence-electron chi connectivity index (χ1n) is 8.19. The molecule has 0 radical (unpaired) electrons. The lowest BCUT2D eigenvalue weighted by Crippen LogP contribution is -2.19. The molecule has 2 aromatic heterocycles. The summed E-state index contributed by atoms with van der Waals surface area (Å²) >= 11 is 5.91. The van der Waals surface area contributed by atoms with Crippen LogP contribution in [0.2, 0.25) is 5.02 Å². The predicted octanol–water partition coefficient (Wildman–Crippen LogP) is 4.94. The second kappa shape index (κ2) is 7.25. The van der Waals surface area contributed by atoms with Crippen LogP contribution in [0.5, 0.6) is 0 Å². The van der Waals surface area contributed by atoms with Gasteiger partial charge in [-0.15, -0.1) is 5.10 Å². The lowest BCUT2D eigenvalue weighted by Gasteiger charge is -2.21. The Labute approximate surface area is 166 Å². The summed E-state index contributed by atoms with van der Waals surface area (Å²) in [6.07, 6.45) is 1.93. The van der Waals surface area contributed by atoms with E-state index in [1.807, 2.05) is 0 Å². The van der Waals surface area contributed by atoms with Crippen LogP contribution in [0.1, 0.15) is 11.3 Å². The quantitative estimate of drug-likeness (QED) is 0.439. The first-order chi connectivity index (χ1) is 13.8. The number of hydrogen-bond acceptors (Lipinski definition) is 4. The van der Waals surface area contributed by atoms with E-state index >= 15 is 8.78 Å². The summed E-state index contributed by atoms with van der Waals surface area (Å²) in [5.74, 6) is -5.80. The van der Waals surface area contributed by atoms with E-state index in [-0.39, 0.29) is 5.52 Å². The topological polar surface area (TPSA) is 56.5 Å². The molecule has 2 heterocycles. The maximum Gasteiger partial charge on any atom is 0.317 e. The van der Waals surface area contributed by atoms with Gasteiger partial charge in [-0.25, -0.2) is 18.4 Å². The number of allylic oxidation sites excluding steroid dienone is 1. The van der Waals surface area contributed by atoms with Crippen molar-refractivity contribution in [2.45, 2.75) is 5.92 Å². The van der Waals surface area contributed by atoms with Gasteiger partial charge in [0.1, 0.15) is 23.7 Å². The molecule has 0 saturated heterocycles. The molecule has 0 saturated carbocycles. The minimum absolute atomic E-state index is 0.285. The Morgan fingerprint density at radius 1 is 1.03 bits per heavy atom. The Balaban J connectivity index is 1.90. The Hall–Kier alpha value is -3.33. The molecule has 0 aliphatic carbocycles. The molecule has 146 valence electrons. The van der Waals surface area contributed by atoms with Crippen molar-refractivity contribution in [2.75, 3.05) is 0 Å². The molecule has 2 aromatic carbocycles. The molecule has 29 heavy (non-hydrogen) atoms. The maximum absolute atomic E-state index is 15.5. The van der Waals surface area contributed by atoms with Crippen molar-refractivity contribution in [3.8, 4) is 0 Å². The van der Waals surface area contributed by atoms with Crippen molar-refractivity contribution in [1.29, 1.82) is 0 Å². The third-order valence-electron chi connectivity index (χ3n) is 4.16. The van der Waals surface area contributed by atoms with Crippen molar-refractivity contribution in [1.82, 2.24) is 25.2 Å². The number of hydrogen-bond donors (Lipinski definition) is 0. The standard InChI is InChI=1S/C19H10ClF4N5/c20-12-2-5-17-11(7-12)1-6-18(26-17)19(23,24)15(9-29-10-25-27-28-29)14-4-3-13(21)8-16(14)22/h1-10H. The molecule has 0 N–H and O–H groups in total. The van der Waals surface area contributed by atoms with Crippen molar-refractivity contribution in [3.05, 3.63) is 82.8 Å². The highest BCUT2D eigenvalue weighted by molar-refractivity contribution is 6.31. The fourth-order valence-electron chi connectivity index (χ4n) is 2.80. The van der Waals surface area contributed by atoms with Crippen molar-refractivity contribution < 1.29 is 17.6 Å². The molecule has 0 aliphatic heterocycles. The van der Waals surface area contributed by atoms with Gasteiger partial charge in [0.25, 0.3) is 0 Å². The number of nitrogens with zero attached hydrogens (tertiary/aromatic N) is 5. The number of pyridine rings is 1. The smallest absolute Gasteiger partial charge is 0.246 e. The zero-order valence-electron chi connectivity index (χ0n) is 14.4. The van der Waals surface area contributed by atoms with Gasteiger partial charge in [-0.1, -0.05) is 17.7 Å². The maximum atomic E-state index is 15.5.